The van der Waals surface area contributed by atoms with Crippen LogP contribution >= 0.6 is 0 Å². The van der Waals surface area contributed by atoms with Crippen molar-refractivity contribution >= 4 is 0 Å². The predicted molar refractivity (Wildman–Crippen MR) is 90.3 cm³/mol. The van der Waals surface area contributed by atoms with Crippen LogP contribution in [0.1, 0.15) is 56.1 Å². The van der Waals surface area contributed by atoms with E-state index in [1.807, 2.05) is 6.08 Å². The van der Waals surface area contributed by atoms with Gasteiger partial charge in [0.25, 0.3) is 0 Å². The van der Waals surface area contributed by atoms with Crippen LogP contribution in [0.4, 0.5) is 17.6 Å². The second kappa shape index (κ2) is 9.18. The first-order chi connectivity index (χ1) is 12.3. The highest BCUT2D eigenvalue weighted by Gasteiger charge is 2.35. The molecule has 1 aliphatic rings. The van der Waals surface area contributed by atoms with E-state index in [1.54, 1.807) is 0 Å². The lowest BCUT2D eigenvalue weighted by Crippen LogP contribution is -2.27. The van der Waals surface area contributed by atoms with E-state index in [0.29, 0.717) is 5.92 Å². The van der Waals surface area contributed by atoms with Crippen LogP contribution in [0.2, 0.25) is 0 Å². The molecule has 26 heavy (non-hydrogen) atoms. The lowest BCUT2D eigenvalue weighted by molar-refractivity contribution is -0.256. The van der Waals surface area contributed by atoms with Crippen LogP contribution in [-0.4, -0.2) is 6.11 Å². The first-order valence-electron chi connectivity index (χ1n) is 8.85. The van der Waals surface area contributed by atoms with Gasteiger partial charge in [0.05, 0.1) is 6.61 Å². The fourth-order valence-electron chi connectivity index (χ4n) is 3.48. The van der Waals surface area contributed by atoms with Crippen molar-refractivity contribution in [2.24, 2.45) is 11.8 Å². The average Bonchev–Trinajstić information content (AvgIpc) is 2.59. The van der Waals surface area contributed by atoms with Crippen LogP contribution in [0, 0.1) is 34.8 Å². The molecule has 0 heterocycles. The van der Waals surface area contributed by atoms with Crippen molar-refractivity contribution in [3.05, 3.63) is 47.5 Å². The molecular formula is C20H23F4NO. The zero-order chi connectivity index (χ0) is 19.2. The van der Waals surface area contributed by atoms with Crippen molar-refractivity contribution in [3.63, 3.8) is 0 Å². The summed E-state index contributed by atoms with van der Waals surface area (Å²) in [5, 5.41) is 8.61. The minimum Gasteiger partial charge on any atom is -0.316 e. The molecule has 0 N–H and O–H groups in total. The molecule has 1 aromatic carbocycles. The lowest BCUT2D eigenvalue weighted by atomic mass is 9.78. The molecule has 0 amide bonds. The molecule has 0 spiro atoms. The van der Waals surface area contributed by atoms with Gasteiger partial charge in [-0.25, -0.2) is 8.78 Å². The quantitative estimate of drug-likeness (QED) is 0.409. The molecule has 0 saturated heterocycles. The molecule has 1 aromatic rings. The van der Waals surface area contributed by atoms with Crippen LogP contribution in [0.5, 0.6) is 0 Å². The Bertz CT molecular complexity index is 637. The van der Waals surface area contributed by atoms with Gasteiger partial charge < -0.3 is 4.74 Å². The van der Waals surface area contributed by atoms with Crippen molar-refractivity contribution in [3.8, 4) is 6.07 Å². The number of hydrogen-bond donors (Lipinski definition) is 0. The third-order valence-corrected chi connectivity index (χ3v) is 4.94. The van der Waals surface area contributed by atoms with E-state index in [9.17, 15) is 17.6 Å². The van der Waals surface area contributed by atoms with E-state index >= 15 is 0 Å². The van der Waals surface area contributed by atoms with E-state index < -0.39 is 29.9 Å². The molecule has 1 aliphatic carbocycles. The van der Waals surface area contributed by atoms with Gasteiger partial charge in [-0.2, -0.15) is 14.0 Å². The smallest absolute Gasteiger partial charge is 0.316 e. The van der Waals surface area contributed by atoms with Crippen LogP contribution in [0.25, 0.3) is 0 Å². The van der Waals surface area contributed by atoms with Crippen LogP contribution in [0.3, 0.4) is 0 Å². The summed E-state index contributed by atoms with van der Waals surface area (Å²) in [6.45, 7) is 3.09. The molecular weight excluding hydrogens is 346 g/mol. The Kier molecular flexibility index (Phi) is 7.22. The number of nitriles is 1. The van der Waals surface area contributed by atoms with Gasteiger partial charge in [-0.15, -0.1) is 6.58 Å². The molecule has 0 atom stereocenters. The number of hydrogen-bond acceptors (Lipinski definition) is 2. The first-order valence-corrected chi connectivity index (χ1v) is 8.85. The van der Waals surface area contributed by atoms with E-state index in [1.165, 1.54) is 6.07 Å². The molecule has 2 rings (SSSR count). The van der Waals surface area contributed by atoms with Gasteiger partial charge in [0, 0.05) is 6.42 Å². The number of halogens is 4. The number of allylic oxidation sites excluding steroid dienone is 1. The summed E-state index contributed by atoms with van der Waals surface area (Å²) in [7, 11) is 0. The number of alkyl halides is 2. The Morgan fingerprint density at radius 2 is 1.73 bits per heavy atom. The maximum atomic E-state index is 14.1. The topological polar surface area (TPSA) is 33.0 Å². The first kappa shape index (κ1) is 20.4. The van der Waals surface area contributed by atoms with E-state index in [4.69, 9.17) is 5.26 Å². The normalized spacial score (nSPS) is 20.6. The Morgan fingerprint density at radius 3 is 2.27 bits per heavy atom. The SMILES string of the molecule is C=CCCC1CCC(CC(F)(F)OCc2cc(F)c(C#N)c(F)c2)CC1. The Hall–Kier alpha value is -1.87. The Labute approximate surface area is 151 Å². The Morgan fingerprint density at radius 1 is 1.15 bits per heavy atom. The average molecular weight is 369 g/mol. The van der Waals surface area contributed by atoms with E-state index in [2.05, 4.69) is 11.3 Å². The molecule has 1 saturated carbocycles. The van der Waals surface area contributed by atoms with Crippen LogP contribution in [0.15, 0.2) is 24.8 Å². The van der Waals surface area contributed by atoms with Crippen molar-refractivity contribution in [1.29, 1.82) is 5.26 Å². The van der Waals surface area contributed by atoms with Gasteiger partial charge >= 0.3 is 6.11 Å². The third kappa shape index (κ3) is 5.84. The van der Waals surface area contributed by atoms with Crippen molar-refractivity contribution in [2.45, 2.75) is 57.7 Å². The maximum absolute atomic E-state index is 14.1. The molecule has 0 bridgehead atoms. The highest BCUT2D eigenvalue weighted by molar-refractivity contribution is 5.34. The summed E-state index contributed by atoms with van der Waals surface area (Å²) >= 11 is 0. The molecule has 0 aromatic heterocycles. The number of ether oxygens (including phenoxy) is 1. The second-order valence-corrected chi connectivity index (χ2v) is 6.93. The molecule has 1 fully saturated rings. The summed E-state index contributed by atoms with van der Waals surface area (Å²) in [5.74, 6) is -1.69. The second-order valence-electron chi connectivity index (χ2n) is 6.93. The fourth-order valence-corrected chi connectivity index (χ4v) is 3.48. The highest BCUT2D eigenvalue weighted by atomic mass is 19.3. The van der Waals surface area contributed by atoms with Crippen LogP contribution < -0.4 is 0 Å². The van der Waals surface area contributed by atoms with Crippen molar-refractivity contribution < 1.29 is 22.3 Å². The summed E-state index contributed by atoms with van der Waals surface area (Å²) in [5.41, 5.74) is -0.791. The molecule has 2 nitrogen and oxygen atoms in total. The Balaban J connectivity index is 1.84. The van der Waals surface area contributed by atoms with Crippen LogP contribution in [-0.2, 0) is 11.3 Å². The zero-order valence-electron chi connectivity index (χ0n) is 14.6. The lowest BCUT2D eigenvalue weighted by Gasteiger charge is -2.30. The summed E-state index contributed by atoms with van der Waals surface area (Å²) in [6, 6.07) is 3.09. The summed E-state index contributed by atoms with van der Waals surface area (Å²) in [4.78, 5) is 0. The van der Waals surface area contributed by atoms with Crippen molar-refractivity contribution in [2.75, 3.05) is 0 Å². The van der Waals surface area contributed by atoms with E-state index in [0.717, 1.165) is 50.7 Å². The van der Waals surface area contributed by atoms with Crippen molar-refractivity contribution in [1.82, 2.24) is 0 Å². The van der Waals surface area contributed by atoms with Gasteiger partial charge in [0.1, 0.15) is 23.3 Å². The third-order valence-electron chi connectivity index (χ3n) is 4.94. The standard InChI is InChI=1S/C20H23F4NO/c1-2-3-4-14-5-7-15(8-6-14)11-20(23,24)26-13-16-9-18(21)17(12-25)19(22)10-16/h2,9-10,14-15H,1,3-8,11,13H2. The largest absolute Gasteiger partial charge is 0.356 e. The van der Waals surface area contributed by atoms with Gasteiger partial charge in [-0.3, -0.25) is 0 Å². The highest BCUT2D eigenvalue weighted by Crippen LogP contribution is 2.38. The number of nitrogens with zero attached hydrogens (tertiary/aromatic N) is 1. The minimum atomic E-state index is -3.35. The predicted octanol–water partition coefficient (Wildman–Crippen LogP) is 6.11. The van der Waals surface area contributed by atoms with Gasteiger partial charge in [-0.05, 0) is 55.2 Å². The fraction of sp³-hybridized carbons (Fsp3) is 0.550. The molecule has 0 aliphatic heterocycles. The molecule has 142 valence electrons. The van der Waals surface area contributed by atoms with Gasteiger partial charge in [0.2, 0.25) is 0 Å². The van der Waals surface area contributed by atoms with Gasteiger partial charge in [-0.1, -0.05) is 18.9 Å². The summed E-state index contributed by atoms with van der Waals surface area (Å²) in [6.07, 6.45) is 3.49. The number of benzene rings is 1. The van der Waals surface area contributed by atoms with E-state index in [-0.39, 0.29) is 17.9 Å². The van der Waals surface area contributed by atoms with Gasteiger partial charge in [0.15, 0.2) is 0 Å². The monoisotopic (exact) mass is 369 g/mol. The molecule has 0 radical (unpaired) electrons. The number of rotatable bonds is 8. The molecule has 0 unspecified atom stereocenters. The maximum Gasteiger partial charge on any atom is 0.356 e. The zero-order valence-corrected chi connectivity index (χ0v) is 14.6. The molecule has 6 heteroatoms. The summed E-state index contributed by atoms with van der Waals surface area (Å²) < 4.78 is 59.8. The minimum absolute atomic E-state index is 0.0631.